The molecule has 0 aromatic heterocycles. The Labute approximate surface area is 123 Å². The van der Waals surface area contributed by atoms with Gasteiger partial charge in [-0.1, -0.05) is 18.2 Å². The van der Waals surface area contributed by atoms with Crippen molar-refractivity contribution in [3.05, 3.63) is 53.8 Å². The lowest BCUT2D eigenvalue weighted by Crippen LogP contribution is -2.17. The minimum atomic E-state index is -4.81. The smallest absolute Gasteiger partial charge is 0.465 e. The number of esters is 1. The van der Waals surface area contributed by atoms with E-state index in [0.717, 1.165) is 25.3 Å². The highest BCUT2D eigenvalue weighted by Crippen LogP contribution is 2.30. The SMILES string of the molecule is COC(=O)c1cccc(F)c1-c1ccc(OC(F)(F)F)cc1. The molecule has 0 unspecified atom stereocenters. The van der Waals surface area contributed by atoms with E-state index in [-0.39, 0.29) is 16.7 Å². The zero-order chi connectivity index (χ0) is 16.3. The standard InChI is InChI=1S/C15H10F4O3/c1-21-14(20)11-3-2-4-12(16)13(11)9-5-7-10(8-6-9)22-15(17,18)19/h2-8H,1H3. The summed E-state index contributed by atoms with van der Waals surface area (Å²) in [7, 11) is 1.15. The van der Waals surface area contributed by atoms with Crippen LogP contribution in [-0.4, -0.2) is 19.4 Å². The molecule has 0 N–H and O–H groups in total. The maximum absolute atomic E-state index is 14.0. The second-order valence-electron chi connectivity index (χ2n) is 4.23. The van der Waals surface area contributed by atoms with Gasteiger partial charge in [-0.2, -0.15) is 0 Å². The summed E-state index contributed by atoms with van der Waals surface area (Å²) in [5.41, 5.74) is 0.160. The van der Waals surface area contributed by atoms with Crippen LogP contribution in [0.25, 0.3) is 11.1 Å². The summed E-state index contributed by atoms with van der Waals surface area (Å²) in [6.07, 6.45) is -4.81. The molecule has 22 heavy (non-hydrogen) atoms. The van der Waals surface area contributed by atoms with Gasteiger partial charge in [-0.05, 0) is 29.8 Å². The highest BCUT2D eigenvalue weighted by Gasteiger charge is 2.31. The topological polar surface area (TPSA) is 35.5 Å². The molecule has 0 aliphatic rings. The largest absolute Gasteiger partial charge is 0.573 e. The summed E-state index contributed by atoms with van der Waals surface area (Å²) < 4.78 is 58.6. The Morgan fingerprint density at radius 2 is 1.68 bits per heavy atom. The van der Waals surface area contributed by atoms with Crippen molar-refractivity contribution < 1.29 is 31.8 Å². The number of carbonyl (C=O) groups is 1. The summed E-state index contributed by atoms with van der Waals surface area (Å²) in [5, 5.41) is 0. The van der Waals surface area contributed by atoms with Gasteiger partial charge in [0.05, 0.1) is 12.7 Å². The molecule has 2 rings (SSSR count). The van der Waals surface area contributed by atoms with Crippen LogP contribution in [-0.2, 0) is 4.74 Å². The lowest BCUT2D eigenvalue weighted by molar-refractivity contribution is -0.274. The second kappa shape index (κ2) is 6.05. The molecule has 0 amide bonds. The molecule has 0 atom stereocenters. The monoisotopic (exact) mass is 314 g/mol. The molecule has 3 nitrogen and oxygen atoms in total. The molecule has 0 saturated carbocycles. The van der Waals surface area contributed by atoms with Gasteiger partial charge in [0.1, 0.15) is 11.6 Å². The Balaban J connectivity index is 2.42. The van der Waals surface area contributed by atoms with E-state index in [4.69, 9.17) is 0 Å². The summed E-state index contributed by atoms with van der Waals surface area (Å²) >= 11 is 0. The van der Waals surface area contributed by atoms with Crippen molar-refractivity contribution in [3.8, 4) is 16.9 Å². The molecule has 0 bridgehead atoms. The third-order valence-electron chi connectivity index (χ3n) is 2.80. The van der Waals surface area contributed by atoms with E-state index in [1.165, 1.54) is 24.3 Å². The van der Waals surface area contributed by atoms with Crippen molar-refractivity contribution >= 4 is 5.97 Å². The molecule has 0 spiro atoms. The van der Waals surface area contributed by atoms with Gasteiger partial charge in [0, 0.05) is 5.56 Å². The average Bonchev–Trinajstić information content (AvgIpc) is 2.45. The van der Waals surface area contributed by atoms with E-state index in [9.17, 15) is 22.4 Å². The fourth-order valence-corrected chi connectivity index (χ4v) is 1.92. The average molecular weight is 314 g/mol. The summed E-state index contributed by atoms with van der Waals surface area (Å²) in [6, 6.07) is 8.38. The van der Waals surface area contributed by atoms with Crippen LogP contribution in [0.15, 0.2) is 42.5 Å². The fraction of sp³-hybridized carbons (Fsp3) is 0.133. The highest BCUT2D eigenvalue weighted by atomic mass is 19.4. The predicted octanol–water partition coefficient (Wildman–Crippen LogP) is 4.18. The quantitative estimate of drug-likeness (QED) is 0.630. The molecule has 2 aromatic carbocycles. The number of benzene rings is 2. The maximum Gasteiger partial charge on any atom is 0.573 e. The number of halogens is 4. The minimum Gasteiger partial charge on any atom is -0.465 e. The molecule has 0 aliphatic heterocycles. The van der Waals surface area contributed by atoms with E-state index >= 15 is 0 Å². The molecule has 0 fully saturated rings. The molecular formula is C15H10F4O3. The predicted molar refractivity (Wildman–Crippen MR) is 69.9 cm³/mol. The molecule has 116 valence electrons. The van der Waals surface area contributed by atoms with Crippen molar-refractivity contribution in [2.24, 2.45) is 0 Å². The van der Waals surface area contributed by atoms with Crippen LogP contribution in [0.3, 0.4) is 0 Å². The van der Waals surface area contributed by atoms with Crippen LogP contribution in [0.5, 0.6) is 5.75 Å². The van der Waals surface area contributed by atoms with Gasteiger partial charge < -0.3 is 9.47 Å². The number of alkyl halides is 3. The minimum absolute atomic E-state index is 0.0213. The molecule has 0 radical (unpaired) electrons. The first kappa shape index (κ1) is 15.8. The van der Waals surface area contributed by atoms with Crippen LogP contribution in [0.1, 0.15) is 10.4 Å². The van der Waals surface area contributed by atoms with E-state index in [1.54, 1.807) is 0 Å². The number of hydrogen-bond donors (Lipinski definition) is 0. The summed E-state index contributed by atoms with van der Waals surface area (Å²) in [4.78, 5) is 11.7. The van der Waals surface area contributed by atoms with Crippen LogP contribution in [0, 0.1) is 5.82 Å². The fourth-order valence-electron chi connectivity index (χ4n) is 1.92. The zero-order valence-corrected chi connectivity index (χ0v) is 11.3. The number of hydrogen-bond acceptors (Lipinski definition) is 3. The molecule has 0 aliphatic carbocycles. The van der Waals surface area contributed by atoms with Gasteiger partial charge >= 0.3 is 12.3 Å². The van der Waals surface area contributed by atoms with Crippen LogP contribution in [0.4, 0.5) is 17.6 Å². The number of carbonyl (C=O) groups excluding carboxylic acids is 1. The van der Waals surface area contributed by atoms with Gasteiger partial charge in [0.15, 0.2) is 0 Å². The van der Waals surface area contributed by atoms with Crippen molar-refractivity contribution in [3.63, 3.8) is 0 Å². The van der Waals surface area contributed by atoms with Gasteiger partial charge in [-0.3, -0.25) is 0 Å². The molecule has 2 aromatic rings. The van der Waals surface area contributed by atoms with Gasteiger partial charge in [0.25, 0.3) is 0 Å². The number of ether oxygens (including phenoxy) is 2. The maximum atomic E-state index is 14.0. The number of rotatable bonds is 3. The van der Waals surface area contributed by atoms with Crippen LogP contribution >= 0.6 is 0 Å². The highest BCUT2D eigenvalue weighted by molar-refractivity contribution is 5.97. The molecular weight excluding hydrogens is 304 g/mol. The first-order valence-electron chi connectivity index (χ1n) is 6.05. The molecule has 0 heterocycles. The van der Waals surface area contributed by atoms with Gasteiger partial charge in [-0.25, -0.2) is 9.18 Å². The number of methoxy groups -OCH3 is 1. The van der Waals surface area contributed by atoms with Crippen LogP contribution in [0.2, 0.25) is 0 Å². The van der Waals surface area contributed by atoms with E-state index in [1.807, 2.05) is 0 Å². The zero-order valence-electron chi connectivity index (χ0n) is 11.3. The van der Waals surface area contributed by atoms with Crippen molar-refractivity contribution in [1.29, 1.82) is 0 Å². The third-order valence-corrected chi connectivity index (χ3v) is 2.80. The lowest BCUT2D eigenvalue weighted by Gasteiger charge is -2.11. The lowest BCUT2D eigenvalue weighted by atomic mass is 9.99. The van der Waals surface area contributed by atoms with Crippen molar-refractivity contribution in [2.75, 3.05) is 7.11 Å². The third kappa shape index (κ3) is 3.55. The summed E-state index contributed by atoms with van der Waals surface area (Å²) in [5.74, 6) is -1.87. The molecule has 0 saturated heterocycles. The Morgan fingerprint density at radius 1 is 1.05 bits per heavy atom. The first-order valence-corrected chi connectivity index (χ1v) is 6.05. The summed E-state index contributed by atoms with van der Waals surface area (Å²) in [6.45, 7) is 0. The normalized spacial score (nSPS) is 11.1. The Morgan fingerprint density at radius 3 is 2.23 bits per heavy atom. The Hall–Kier alpha value is -2.57. The van der Waals surface area contributed by atoms with Crippen molar-refractivity contribution in [2.45, 2.75) is 6.36 Å². The van der Waals surface area contributed by atoms with E-state index < -0.39 is 23.9 Å². The van der Waals surface area contributed by atoms with Gasteiger partial charge in [0.2, 0.25) is 0 Å². The van der Waals surface area contributed by atoms with Crippen molar-refractivity contribution in [1.82, 2.24) is 0 Å². The van der Waals surface area contributed by atoms with E-state index in [0.29, 0.717) is 0 Å². The first-order chi connectivity index (χ1) is 10.3. The second-order valence-corrected chi connectivity index (χ2v) is 4.23. The van der Waals surface area contributed by atoms with Crippen LogP contribution < -0.4 is 4.74 Å². The van der Waals surface area contributed by atoms with Gasteiger partial charge in [-0.15, -0.1) is 13.2 Å². The Kier molecular flexibility index (Phi) is 4.35. The van der Waals surface area contributed by atoms with E-state index in [2.05, 4.69) is 9.47 Å². The Bertz CT molecular complexity index is 678. The molecule has 7 heteroatoms.